The minimum Gasteiger partial charge on any atom is -0.456 e. The van der Waals surface area contributed by atoms with E-state index in [2.05, 4.69) is 0 Å². The Morgan fingerprint density at radius 2 is 1.56 bits per heavy atom. The standard InChI is InChI=1S/C15H10N2O3.ClHO4/c16-12-4-1-10(2-5-12)14-7-3-11-9-13(17(18)19)6-8-15(11)20-14;2-1(3,4)5/h1-9,16H;(H,2,3,4,5). The first-order chi connectivity index (χ1) is 11.6. The number of hydrogen-bond acceptors (Lipinski definition) is 7. The normalized spacial score (nSPS) is 15.3. The van der Waals surface area contributed by atoms with Gasteiger partial charge in [-0.2, -0.15) is 0 Å². The summed E-state index contributed by atoms with van der Waals surface area (Å²) in [4.78, 5) is 10.3. The summed E-state index contributed by atoms with van der Waals surface area (Å²) in [5.74, 6) is 1.29. The Balaban J connectivity index is 0.000000399. The monoisotopic (exact) mass is 366 g/mol. The number of nitrogens with two attached hydrogens (primary N) is 1. The smallest absolute Gasteiger partial charge is 0.270 e. The molecule has 1 aliphatic heterocycles. The van der Waals surface area contributed by atoms with Crippen molar-refractivity contribution in [1.29, 1.82) is 0 Å². The van der Waals surface area contributed by atoms with Gasteiger partial charge in [0.1, 0.15) is 11.5 Å². The third-order valence-electron chi connectivity index (χ3n) is 3.03. The minimum absolute atomic E-state index is 0.0490. The van der Waals surface area contributed by atoms with Gasteiger partial charge in [0.25, 0.3) is 5.69 Å². The van der Waals surface area contributed by atoms with E-state index in [4.69, 9.17) is 28.8 Å². The predicted molar refractivity (Wildman–Crippen MR) is 75.0 cm³/mol. The van der Waals surface area contributed by atoms with Crippen LogP contribution in [0.3, 0.4) is 0 Å². The maximum Gasteiger partial charge on any atom is 0.270 e. The van der Waals surface area contributed by atoms with Crippen LogP contribution in [0.15, 0.2) is 59.9 Å². The van der Waals surface area contributed by atoms with Gasteiger partial charge in [-0.15, -0.1) is 10.2 Å². The molecule has 0 amide bonds. The largest absolute Gasteiger partial charge is 0.456 e. The number of benzene rings is 1. The molecule has 130 valence electrons. The van der Waals surface area contributed by atoms with Gasteiger partial charge in [0.2, 0.25) is 0 Å². The zero-order chi connectivity index (χ0) is 18.6. The predicted octanol–water partition coefficient (Wildman–Crippen LogP) is -3.18. The van der Waals surface area contributed by atoms with Crippen LogP contribution in [0.25, 0.3) is 6.08 Å². The number of nitro benzene ring substituents is 1. The SMILES string of the molecule is [NH2+]=C1C=CC(=C2C=Cc3cc([N+](=O)[O-])ccc3O2)C=C1.[O-][Cl+3]([O-])([O-])[O-]. The summed E-state index contributed by atoms with van der Waals surface area (Å²) in [6, 6.07) is 4.53. The van der Waals surface area contributed by atoms with Gasteiger partial charge in [-0.05, 0) is 30.4 Å². The molecule has 0 saturated heterocycles. The molecule has 3 rings (SSSR count). The summed E-state index contributed by atoms with van der Waals surface area (Å²) in [7, 11) is -4.94. The van der Waals surface area contributed by atoms with E-state index in [0.717, 1.165) is 5.57 Å². The summed E-state index contributed by atoms with van der Waals surface area (Å²) in [5.41, 5.74) is 2.33. The van der Waals surface area contributed by atoms with Gasteiger partial charge < -0.3 is 4.74 Å². The van der Waals surface area contributed by atoms with Crippen LogP contribution in [0.5, 0.6) is 5.75 Å². The zero-order valence-corrected chi connectivity index (χ0v) is 13.2. The molecule has 0 fully saturated rings. The molecule has 1 aromatic carbocycles. The van der Waals surface area contributed by atoms with Gasteiger partial charge in [0.05, 0.1) is 4.92 Å². The van der Waals surface area contributed by atoms with Gasteiger partial charge in [-0.25, -0.2) is 18.6 Å². The van der Waals surface area contributed by atoms with Crippen molar-refractivity contribution in [2.75, 3.05) is 0 Å². The second kappa shape index (κ2) is 7.38. The van der Waals surface area contributed by atoms with E-state index >= 15 is 0 Å². The van der Waals surface area contributed by atoms with E-state index in [1.54, 1.807) is 30.4 Å². The van der Waals surface area contributed by atoms with Gasteiger partial charge in [-0.3, -0.25) is 15.5 Å². The molecule has 0 aromatic heterocycles. The first kappa shape index (κ1) is 18.5. The van der Waals surface area contributed by atoms with Crippen molar-refractivity contribution in [3.05, 3.63) is 75.6 Å². The Morgan fingerprint density at radius 3 is 2.12 bits per heavy atom. The first-order valence-corrected chi connectivity index (χ1v) is 7.86. The Kier molecular flexibility index (Phi) is 5.47. The lowest BCUT2D eigenvalue weighted by Crippen LogP contribution is -2.68. The summed E-state index contributed by atoms with van der Waals surface area (Å²) >= 11 is 0. The van der Waals surface area contributed by atoms with E-state index in [-0.39, 0.29) is 5.69 Å². The van der Waals surface area contributed by atoms with Crippen LogP contribution in [0.1, 0.15) is 5.56 Å². The molecule has 9 nitrogen and oxygen atoms in total. The molecule has 2 N–H and O–H groups in total. The fourth-order valence-corrected chi connectivity index (χ4v) is 1.99. The van der Waals surface area contributed by atoms with Crippen molar-refractivity contribution in [3.8, 4) is 5.75 Å². The molecule has 0 unspecified atom stereocenters. The molecular formula is C15H11ClN2O7. The highest BCUT2D eigenvalue weighted by molar-refractivity contribution is 6.01. The van der Waals surface area contributed by atoms with Crippen molar-refractivity contribution in [3.63, 3.8) is 0 Å². The lowest BCUT2D eigenvalue weighted by Gasteiger charge is -2.17. The molecule has 0 spiro atoms. The average Bonchev–Trinajstić information content (AvgIpc) is 2.53. The van der Waals surface area contributed by atoms with Crippen molar-refractivity contribution >= 4 is 17.5 Å². The van der Waals surface area contributed by atoms with Crippen LogP contribution in [-0.2, 0) is 0 Å². The Morgan fingerprint density at radius 1 is 0.960 bits per heavy atom. The molecule has 10 heteroatoms. The fourth-order valence-electron chi connectivity index (χ4n) is 1.99. The molecule has 1 aromatic rings. The van der Waals surface area contributed by atoms with E-state index in [9.17, 15) is 10.1 Å². The average molecular weight is 367 g/mol. The molecular weight excluding hydrogens is 356 g/mol. The van der Waals surface area contributed by atoms with Gasteiger partial charge >= 0.3 is 0 Å². The molecule has 2 aliphatic rings. The number of rotatable bonds is 1. The van der Waals surface area contributed by atoms with E-state index in [0.29, 0.717) is 22.8 Å². The second-order valence-electron chi connectivity index (χ2n) is 4.78. The van der Waals surface area contributed by atoms with Gasteiger partial charge in [0.15, 0.2) is 5.71 Å². The van der Waals surface area contributed by atoms with Crippen LogP contribution in [-0.4, -0.2) is 10.6 Å². The quantitative estimate of drug-likeness (QED) is 0.403. The summed E-state index contributed by atoms with van der Waals surface area (Å²) in [6.07, 6.45) is 10.9. The van der Waals surface area contributed by atoms with Crippen LogP contribution in [0.2, 0.25) is 0 Å². The molecule has 0 radical (unpaired) electrons. The molecule has 1 heterocycles. The highest BCUT2D eigenvalue weighted by atomic mass is 35.7. The third kappa shape index (κ3) is 5.64. The number of halogens is 1. The van der Waals surface area contributed by atoms with E-state index in [1.165, 1.54) is 12.1 Å². The van der Waals surface area contributed by atoms with E-state index < -0.39 is 15.2 Å². The molecule has 0 atom stereocenters. The topological polar surface area (TPSA) is 170 Å². The van der Waals surface area contributed by atoms with Crippen LogP contribution in [0.4, 0.5) is 5.69 Å². The fraction of sp³-hybridized carbons (Fsp3) is 0. The van der Waals surface area contributed by atoms with E-state index in [1.807, 2.05) is 12.2 Å². The molecule has 25 heavy (non-hydrogen) atoms. The van der Waals surface area contributed by atoms with Gasteiger partial charge in [-0.1, -0.05) is 0 Å². The number of ether oxygens (including phenoxy) is 1. The number of hydrogen-bond donors (Lipinski definition) is 1. The Labute approximate surface area is 143 Å². The van der Waals surface area contributed by atoms with Crippen molar-refractivity contribution in [2.45, 2.75) is 0 Å². The molecule has 0 bridgehead atoms. The lowest BCUT2D eigenvalue weighted by molar-refractivity contribution is -2.00. The Bertz CT molecular complexity index is 811. The maximum atomic E-state index is 10.7. The minimum atomic E-state index is -4.94. The highest BCUT2D eigenvalue weighted by Gasteiger charge is 2.16. The van der Waals surface area contributed by atoms with Crippen molar-refractivity contribution in [1.82, 2.24) is 0 Å². The van der Waals surface area contributed by atoms with Crippen LogP contribution >= 0.6 is 0 Å². The summed E-state index contributed by atoms with van der Waals surface area (Å²) in [6.45, 7) is 0. The number of nitro groups is 1. The van der Waals surface area contributed by atoms with Crippen LogP contribution < -0.4 is 28.8 Å². The highest BCUT2D eigenvalue weighted by Crippen LogP contribution is 2.32. The van der Waals surface area contributed by atoms with Crippen molar-refractivity contribution < 1.29 is 43.9 Å². The number of allylic oxidation sites excluding steroid dienone is 6. The third-order valence-corrected chi connectivity index (χ3v) is 3.03. The second-order valence-corrected chi connectivity index (χ2v) is 5.53. The van der Waals surface area contributed by atoms with Gasteiger partial charge in [0, 0.05) is 35.4 Å². The number of non-ortho nitro benzene ring substituents is 1. The Hall–Kier alpha value is -2.82. The molecule has 0 saturated carbocycles. The van der Waals surface area contributed by atoms with Crippen molar-refractivity contribution in [2.24, 2.45) is 0 Å². The number of nitrogens with zero attached hydrogens (tertiary/aromatic N) is 1. The van der Waals surface area contributed by atoms with Crippen LogP contribution in [0, 0.1) is 20.4 Å². The lowest BCUT2D eigenvalue weighted by atomic mass is 10.0. The zero-order valence-electron chi connectivity index (χ0n) is 12.5. The summed E-state index contributed by atoms with van der Waals surface area (Å²) in [5, 5.41) is 16.4. The molecule has 1 aliphatic carbocycles. The number of fused-ring (bicyclic) bond motifs is 1. The first-order valence-electron chi connectivity index (χ1n) is 6.62. The summed E-state index contributed by atoms with van der Waals surface area (Å²) < 4.78 is 39.7. The maximum absolute atomic E-state index is 10.7.